The molecule has 3 saturated heterocycles. The maximum atomic E-state index is 15.2. The van der Waals surface area contributed by atoms with Crippen LogP contribution in [0.4, 0.5) is 0 Å². The summed E-state index contributed by atoms with van der Waals surface area (Å²) in [5.74, 6) is -14.1. The third-order valence-corrected chi connectivity index (χ3v) is 16.3. The Hall–Kier alpha value is -10.2. The van der Waals surface area contributed by atoms with E-state index in [2.05, 4.69) is 78.8 Å². The van der Waals surface area contributed by atoms with E-state index in [9.17, 15) is 52.7 Å². The lowest BCUT2D eigenvalue weighted by Crippen LogP contribution is -2.61. The fraction of sp³-hybridized carbons (Fsp3) is 0.565. The van der Waals surface area contributed by atoms with Crippen molar-refractivity contribution in [2.75, 3.05) is 32.7 Å². The average Bonchev–Trinajstić information content (AvgIpc) is 1.48. The second-order valence-corrected chi connectivity index (χ2v) is 24.8. The molecule has 22 N–H and O–H groups in total. The Morgan fingerprint density at radius 3 is 1.85 bits per heavy atom. The maximum Gasteiger partial charge on any atom is 0.245 e. The SMILES string of the molecule is CC[C@H](NC(C)=O)C(=O)N[C@@H](Cc1ccc(Cl)cc1)C(=O)N[C@@H](Cc1cccnc1)C(=O)N[C@H]1CC(=O)NCC(C(N)=O)NC(=O)[C@@H]2CCCN2C(=O)C2CCNC(=O)[C@@H](CCCN=C(N)N)NC(=O)CC[C@H](NC1=O)C(=O)N[C@@H](CCCN=C(N)N)C(=O)N[C@H](CC(C)C)C(=O)N2. The number of aromatic nitrogens is 1. The Morgan fingerprint density at radius 2 is 1.24 bits per heavy atom. The number of rotatable bonds is 23. The number of halogens is 1. The fourth-order valence-corrected chi connectivity index (χ4v) is 11.1. The molecule has 0 saturated carbocycles. The van der Waals surface area contributed by atoms with E-state index in [1.54, 1.807) is 51.1 Å². The molecule has 3 fully saturated rings. The summed E-state index contributed by atoms with van der Waals surface area (Å²) in [6.45, 7) is 5.16. The number of pyridine rings is 1. The van der Waals surface area contributed by atoms with E-state index < -0.39 is 175 Å². The first kappa shape index (κ1) is 78.5. The Bertz CT molecular complexity index is 3240. The van der Waals surface area contributed by atoms with Crippen LogP contribution in [0, 0.1) is 5.92 Å². The maximum absolute atomic E-state index is 15.2. The minimum Gasteiger partial charge on any atom is -0.370 e. The molecule has 0 aliphatic carbocycles. The largest absolute Gasteiger partial charge is 0.370 e. The highest BCUT2D eigenvalue weighted by Gasteiger charge is 2.41. The number of primary amides is 1. The first-order chi connectivity index (χ1) is 46.5. The van der Waals surface area contributed by atoms with Crippen LogP contribution in [0.25, 0.3) is 0 Å². The molecule has 98 heavy (non-hydrogen) atoms. The molecule has 0 radical (unpaired) electrons. The van der Waals surface area contributed by atoms with Crippen molar-refractivity contribution in [3.63, 3.8) is 0 Å². The summed E-state index contributed by atoms with van der Waals surface area (Å²) in [6, 6.07) is -7.66. The minimum absolute atomic E-state index is 0.0109. The summed E-state index contributed by atoms with van der Waals surface area (Å²) >= 11 is 6.18. The highest BCUT2D eigenvalue weighted by Crippen LogP contribution is 2.21. The number of nitrogens with two attached hydrogens (primary N) is 5. The molecule has 4 heterocycles. The lowest BCUT2D eigenvalue weighted by Gasteiger charge is -2.31. The zero-order valence-corrected chi connectivity index (χ0v) is 56.0. The minimum atomic E-state index is -2.07. The number of nitrogens with zero attached hydrogens (tertiary/aromatic N) is 4. The van der Waals surface area contributed by atoms with Crippen LogP contribution in [0.1, 0.15) is 116 Å². The standard InChI is InChI=1S/C62H92ClN21O14/c1-5-37(74-33(4)85)52(90)80-43(27-34-14-16-36(63)17-15-34)56(94)81-44(28-35-10-6-21-69-30-35)57(95)82-45-29-49(87)73-31-46(50(64)88)83-59(97)47-13-9-25-84(47)60(98)41-20-24-70-51(89)38(11-7-22-71-61(65)66)75-48(86)19-18-40(77-58(45)96)54(92)76-39(12-8-23-72-62(67)68)53(91)79-42(26-32(2)3)55(93)78-41/h6,10,14-17,21,30,32,37-47H,5,7-9,11-13,18-20,22-29,31H2,1-4H3,(H2,64,88)(H,70,89)(H,73,87)(H,74,85)(H,75,86)(H,76,92)(H,77,96)(H,78,93)(H,79,91)(H,80,90)(H,81,94)(H,82,95)(H,83,97)(H4,65,66,71)(H4,67,68,72)/t37-,38+,39-,40-,41?,42+,43-,44-,45-,46?,47-/m0/s1. The second-order valence-electron chi connectivity index (χ2n) is 24.4. The third kappa shape index (κ3) is 26.1. The lowest BCUT2D eigenvalue weighted by atomic mass is 10.0. The molecular weight excluding hydrogens is 1300 g/mol. The Balaban J connectivity index is 1.69. The number of carbonyl (C=O) groups excluding carboxylic acids is 14. The Labute approximate surface area is 571 Å². The highest BCUT2D eigenvalue weighted by molar-refractivity contribution is 6.30. The number of carbonyl (C=O) groups is 14. The van der Waals surface area contributed by atoms with Gasteiger partial charge in [0.05, 0.1) is 6.42 Å². The van der Waals surface area contributed by atoms with Crippen molar-refractivity contribution in [3.05, 3.63) is 64.9 Å². The third-order valence-electron chi connectivity index (χ3n) is 16.1. The molecule has 35 nitrogen and oxygen atoms in total. The van der Waals surface area contributed by atoms with Crippen molar-refractivity contribution < 1.29 is 67.1 Å². The average molecular weight is 1390 g/mol. The highest BCUT2D eigenvalue weighted by atomic mass is 35.5. The summed E-state index contributed by atoms with van der Waals surface area (Å²) in [5, 5.41) is 31.4. The normalized spacial score (nSPS) is 22.8. The zero-order chi connectivity index (χ0) is 72.2. The number of nitrogens with one attached hydrogen (secondary N) is 12. The molecule has 0 spiro atoms. The zero-order valence-electron chi connectivity index (χ0n) is 55.3. The quantitative estimate of drug-likeness (QED) is 0.0213. The second kappa shape index (κ2) is 39.1. The predicted molar refractivity (Wildman–Crippen MR) is 356 cm³/mol. The molecule has 1 aromatic carbocycles. The summed E-state index contributed by atoms with van der Waals surface area (Å²) < 4.78 is 0. The number of hydrogen-bond acceptors (Lipinski definition) is 17. The fourth-order valence-electron chi connectivity index (χ4n) is 11.0. The van der Waals surface area contributed by atoms with E-state index in [1.807, 2.05) is 0 Å². The van der Waals surface area contributed by atoms with Crippen molar-refractivity contribution in [2.24, 2.45) is 44.6 Å². The van der Waals surface area contributed by atoms with Gasteiger partial charge in [-0.15, -0.1) is 0 Å². The van der Waals surface area contributed by atoms with Crippen LogP contribution in [0.15, 0.2) is 58.8 Å². The van der Waals surface area contributed by atoms with Gasteiger partial charge in [-0.2, -0.15) is 0 Å². The number of fused-ring (bicyclic) bond motifs is 10. The number of aliphatic imine (C=N–C) groups is 2. The van der Waals surface area contributed by atoms with Crippen LogP contribution in [0.5, 0.6) is 0 Å². The molecule has 5 rings (SSSR count). The van der Waals surface area contributed by atoms with E-state index in [4.69, 9.17) is 40.3 Å². The van der Waals surface area contributed by atoms with Gasteiger partial charge >= 0.3 is 0 Å². The topological polar surface area (TPSA) is 554 Å². The molecule has 2 unspecified atom stereocenters. The van der Waals surface area contributed by atoms with Gasteiger partial charge < -0.3 is 97.4 Å². The van der Waals surface area contributed by atoms with Crippen LogP contribution in [0.3, 0.4) is 0 Å². The Morgan fingerprint density at radius 1 is 0.643 bits per heavy atom. The van der Waals surface area contributed by atoms with Gasteiger partial charge in [0.15, 0.2) is 11.9 Å². The van der Waals surface area contributed by atoms with Crippen LogP contribution in [-0.2, 0) is 80.0 Å². The van der Waals surface area contributed by atoms with E-state index in [1.165, 1.54) is 25.4 Å². The molecular formula is C62H92ClN21O14. The molecule has 14 amide bonds. The van der Waals surface area contributed by atoms with Gasteiger partial charge in [0.2, 0.25) is 82.7 Å². The lowest BCUT2D eigenvalue weighted by molar-refractivity contribution is -0.142. The van der Waals surface area contributed by atoms with Gasteiger partial charge in [0, 0.05) is 76.3 Å². The van der Waals surface area contributed by atoms with E-state index in [-0.39, 0.29) is 115 Å². The van der Waals surface area contributed by atoms with Crippen molar-refractivity contribution in [2.45, 2.75) is 184 Å². The molecule has 11 atom stereocenters. The van der Waals surface area contributed by atoms with Gasteiger partial charge in [-0.1, -0.05) is 50.6 Å². The first-order valence-corrected chi connectivity index (χ1v) is 32.8. The van der Waals surface area contributed by atoms with Gasteiger partial charge in [-0.25, -0.2) is 0 Å². The molecule has 536 valence electrons. The van der Waals surface area contributed by atoms with Gasteiger partial charge in [0.1, 0.15) is 66.5 Å². The van der Waals surface area contributed by atoms with Crippen molar-refractivity contribution >= 4 is 106 Å². The monoisotopic (exact) mass is 1390 g/mol. The van der Waals surface area contributed by atoms with Crippen molar-refractivity contribution in [3.8, 4) is 0 Å². The van der Waals surface area contributed by atoms with Crippen molar-refractivity contribution in [1.29, 1.82) is 0 Å². The summed E-state index contributed by atoms with van der Waals surface area (Å²) in [7, 11) is 0. The van der Waals surface area contributed by atoms with E-state index in [0.717, 1.165) is 4.90 Å². The van der Waals surface area contributed by atoms with Gasteiger partial charge in [0.25, 0.3) is 0 Å². The van der Waals surface area contributed by atoms with E-state index in [0.29, 0.717) is 16.1 Å². The predicted octanol–water partition coefficient (Wildman–Crippen LogP) is -5.75. The number of amides is 14. The summed E-state index contributed by atoms with van der Waals surface area (Å²) in [6.07, 6.45) is -0.190. The number of benzene rings is 1. The van der Waals surface area contributed by atoms with E-state index >= 15 is 14.4 Å². The van der Waals surface area contributed by atoms with Crippen LogP contribution in [-0.4, -0.2) is 204 Å². The first-order valence-electron chi connectivity index (χ1n) is 32.4. The molecule has 2 aromatic rings. The Kier molecular flexibility index (Phi) is 31.3. The number of guanidine groups is 2. The van der Waals surface area contributed by atoms with Gasteiger partial charge in [-0.05, 0) is 99.5 Å². The molecule has 3 aliphatic heterocycles. The van der Waals surface area contributed by atoms with Crippen molar-refractivity contribution in [1.82, 2.24) is 73.7 Å². The molecule has 3 aliphatic rings. The molecule has 1 aromatic heterocycles. The van der Waals surface area contributed by atoms with Gasteiger partial charge in [-0.3, -0.25) is 82.1 Å². The van der Waals surface area contributed by atoms with Crippen LogP contribution < -0.4 is 92.5 Å². The van der Waals surface area contributed by atoms with Crippen LogP contribution in [0.2, 0.25) is 5.02 Å². The molecule has 36 heteroatoms. The van der Waals surface area contributed by atoms with Crippen LogP contribution >= 0.6 is 11.6 Å². The smallest absolute Gasteiger partial charge is 0.245 e. The summed E-state index contributed by atoms with van der Waals surface area (Å²) in [5.41, 5.74) is 28.9. The molecule has 2 bridgehead atoms. The number of hydrogen-bond donors (Lipinski definition) is 17. The summed E-state index contributed by atoms with van der Waals surface area (Å²) in [4.78, 5) is 214.